The fraction of sp³-hybridized carbons (Fsp3) is 0.233. The average molecular weight is 472 g/mol. The number of nitrogens with zero attached hydrogens (tertiary/aromatic N) is 2. The molecule has 1 atom stereocenters. The van der Waals surface area contributed by atoms with Crippen LogP contribution in [0.15, 0.2) is 85.7 Å². The molecule has 1 unspecified atom stereocenters. The molecule has 0 aliphatic rings. The Balaban J connectivity index is 1.53. The number of benzene rings is 3. The highest BCUT2D eigenvalue weighted by atomic mass is 19.1. The second-order valence-corrected chi connectivity index (χ2v) is 8.93. The molecule has 35 heavy (non-hydrogen) atoms. The molecule has 0 amide bonds. The van der Waals surface area contributed by atoms with Crippen LogP contribution in [0.25, 0.3) is 22.0 Å². The van der Waals surface area contributed by atoms with Crippen LogP contribution < -0.4 is 5.32 Å². The highest BCUT2D eigenvalue weighted by Crippen LogP contribution is 2.29. The van der Waals surface area contributed by atoms with Crippen molar-refractivity contribution in [2.75, 3.05) is 19.6 Å². The Kier molecular flexibility index (Phi) is 7.88. The lowest BCUT2D eigenvalue weighted by Gasteiger charge is -2.27. The maximum Gasteiger partial charge on any atom is 0.128 e. The van der Waals surface area contributed by atoms with Gasteiger partial charge in [-0.1, -0.05) is 62.0 Å². The van der Waals surface area contributed by atoms with Crippen LogP contribution in [-0.2, 0) is 6.54 Å². The smallest absolute Gasteiger partial charge is 0.128 e. The zero-order chi connectivity index (χ0) is 24.8. The van der Waals surface area contributed by atoms with Crippen LogP contribution in [0.2, 0.25) is 0 Å². The summed E-state index contributed by atoms with van der Waals surface area (Å²) < 4.78 is 28.6. The van der Waals surface area contributed by atoms with Gasteiger partial charge in [0.15, 0.2) is 0 Å². The Hall–Kier alpha value is -3.57. The fourth-order valence-electron chi connectivity index (χ4n) is 4.49. The number of hydrogen-bond acceptors (Lipinski definition) is 3. The summed E-state index contributed by atoms with van der Waals surface area (Å²) in [6, 6.07) is 21.2. The Morgan fingerprint density at radius 1 is 1.00 bits per heavy atom. The number of halogens is 2. The maximum atomic E-state index is 14.5. The molecule has 1 heterocycles. The minimum Gasteiger partial charge on any atom is -0.390 e. The Bertz CT molecular complexity index is 1300. The quantitative estimate of drug-likeness (QED) is 0.257. The van der Waals surface area contributed by atoms with Gasteiger partial charge in [0.2, 0.25) is 0 Å². The lowest BCUT2D eigenvalue weighted by Crippen LogP contribution is -2.33. The number of para-hydroxylation sites is 1. The number of pyridine rings is 1. The Morgan fingerprint density at radius 3 is 2.51 bits per heavy atom. The van der Waals surface area contributed by atoms with Crippen molar-refractivity contribution in [3.63, 3.8) is 0 Å². The summed E-state index contributed by atoms with van der Waals surface area (Å²) in [5, 5.41) is 4.22. The molecule has 4 rings (SSSR count). The number of nitrogens with one attached hydrogen (secondary N) is 1. The van der Waals surface area contributed by atoms with E-state index in [2.05, 4.69) is 77.2 Å². The predicted octanol–water partition coefficient (Wildman–Crippen LogP) is 6.83. The molecule has 5 heteroatoms. The molecule has 3 nitrogen and oxygen atoms in total. The van der Waals surface area contributed by atoms with Crippen molar-refractivity contribution in [2.45, 2.75) is 26.3 Å². The summed E-state index contributed by atoms with van der Waals surface area (Å²) in [6.45, 7) is 9.92. The van der Waals surface area contributed by atoms with Gasteiger partial charge in [-0.25, -0.2) is 8.78 Å². The standard InChI is InChI=1S/C30H31F2N3/c1-4-33-17-18-35(20-27-22(3)28(31)14-15-29(27)32)19-21(2)23-10-12-24(13-11-23)26-9-5-7-25-8-6-16-34-30(25)26/h4-16,21,33H,1,17-20H2,2-3H3. The first-order valence-electron chi connectivity index (χ1n) is 11.9. The molecule has 0 saturated heterocycles. The normalized spacial score (nSPS) is 12.1. The molecular formula is C30H31F2N3. The minimum atomic E-state index is -0.378. The van der Waals surface area contributed by atoms with Crippen LogP contribution in [0.5, 0.6) is 0 Å². The summed E-state index contributed by atoms with van der Waals surface area (Å²) >= 11 is 0. The van der Waals surface area contributed by atoms with Crippen LogP contribution in [0.1, 0.15) is 29.5 Å². The van der Waals surface area contributed by atoms with E-state index in [9.17, 15) is 8.78 Å². The van der Waals surface area contributed by atoms with Gasteiger partial charge in [-0.15, -0.1) is 0 Å². The van der Waals surface area contributed by atoms with Gasteiger partial charge >= 0.3 is 0 Å². The first kappa shape index (κ1) is 24.6. The topological polar surface area (TPSA) is 28.2 Å². The lowest BCUT2D eigenvalue weighted by atomic mass is 9.95. The largest absolute Gasteiger partial charge is 0.390 e. The SMILES string of the molecule is C=CNCCN(Cc1c(F)ccc(F)c1C)CC(C)c1ccc(-c2cccc3cccnc23)cc1. The number of hydrogen-bond donors (Lipinski definition) is 1. The van der Waals surface area contributed by atoms with Gasteiger partial charge in [0.25, 0.3) is 0 Å². The molecule has 4 aromatic rings. The van der Waals surface area contributed by atoms with E-state index < -0.39 is 0 Å². The molecule has 180 valence electrons. The Morgan fingerprint density at radius 2 is 1.74 bits per heavy atom. The molecule has 3 aromatic carbocycles. The van der Waals surface area contributed by atoms with E-state index in [0.29, 0.717) is 37.3 Å². The Labute approximate surface area is 206 Å². The number of fused-ring (bicyclic) bond motifs is 1. The summed E-state index contributed by atoms with van der Waals surface area (Å²) in [4.78, 5) is 6.73. The second kappa shape index (κ2) is 11.2. The highest BCUT2D eigenvalue weighted by molar-refractivity contribution is 5.93. The number of rotatable bonds is 10. The molecule has 0 fully saturated rings. The van der Waals surface area contributed by atoms with E-state index in [1.54, 1.807) is 13.1 Å². The first-order chi connectivity index (χ1) is 17.0. The highest BCUT2D eigenvalue weighted by Gasteiger charge is 2.17. The second-order valence-electron chi connectivity index (χ2n) is 8.93. The van der Waals surface area contributed by atoms with Gasteiger partial charge in [-0.05, 0) is 53.9 Å². The van der Waals surface area contributed by atoms with E-state index in [1.165, 1.54) is 17.7 Å². The summed E-state index contributed by atoms with van der Waals surface area (Å²) in [5.41, 5.74) is 5.19. The maximum absolute atomic E-state index is 14.5. The lowest BCUT2D eigenvalue weighted by molar-refractivity contribution is 0.251. The molecule has 0 saturated carbocycles. The van der Waals surface area contributed by atoms with Crippen molar-refractivity contribution in [1.82, 2.24) is 15.2 Å². The van der Waals surface area contributed by atoms with Crippen molar-refractivity contribution in [3.05, 3.63) is 114 Å². The van der Waals surface area contributed by atoms with Gasteiger partial charge in [-0.2, -0.15) is 0 Å². The predicted molar refractivity (Wildman–Crippen MR) is 140 cm³/mol. The van der Waals surface area contributed by atoms with Gasteiger partial charge in [0, 0.05) is 48.9 Å². The van der Waals surface area contributed by atoms with Crippen molar-refractivity contribution >= 4 is 10.9 Å². The minimum absolute atomic E-state index is 0.204. The van der Waals surface area contributed by atoms with Gasteiger partial charge in [0.1, 0.15) is 11.6 Å². The van der Waals surface area contributed by atoms with Gasteiger partial charge < -0.3 is 5.32 Å². The zero-order valence-corrected chi connectivity index (χ0v) is 20.3. The first-order valence-corrected chi connectivity index (χ1v) is 11.9. The van der Waals surface area contributed by atoms with Gasteiger partial charge in [0.05, 0.1) is 5.52 Å². The van der Waals surface area contributed by atoms with Crippen molar-refractivity contribution in [3.8, 4) is 11.1 Å². The van der Waals surface area contributed by atoms with Gasteiger partial charge in [-0.3, -0.25) is 9.88 Å². The number of aromatic nitrogens is 1. The van der Waals surface area contributed by atoms with E-state index in [-0.39, 0.29) is 17.6 Å². The zero-order valence-electron chi connectivity index (χ0n) is 20.3. The van der Waals surface area contributed by atoms with E-state index in [1.807, 2.05) is 12.3 Å². The van der Waals surface area contributed by atoms with E-state index in [4.69, 9.17) is 0 Å². The summed E-state index contributed by atoms with van der Waals surface area (Å²) in [5.74, 6) is -0.543. The molecule has 0 bridgehead atoms. The third-order valence-corrected chi connectivity index (χ3v) is 6.53. The molecule has 1 aromatic heterocycles. The molecule has 1 N–H and O–H groups in total. The van der Waals surface area contributed by atoms with Crippen LogP contribution in [0.4, 0.5) is 8.78 Å². The van der Waals surface area contributed by atoms with Crippen LogP contribution in [0, 0.1) is 18.6 Å². The fourth-order valence-corrected chi connectivity index (χ4v) is 4.49. The van der Waals surface area contributed by atoms with Crippen molar-refractivity contribution in [1.29, 1.82) is 0 Å². The molecule has 0 aliphatic carbocycles. The van der Waals surface area contributed by atoms with E-state index in [0.717, 1.165) is 22.0 Å². The average Bonchev–Trinajstić information content (AvgIpc) is 2.88. The molecule has 0 aliphatic heterocycles. The third kappa shape index (κ3) is 5.75. The molecular weight excluding hydrogens is 440 g/mol. The summed E-state index contributed by atoms with van der Waals surface area (Å²) in [7, 11) is 0. The van der Waals surface area contributed by atoms with Crippen LogP contribution in [-0.4, -0.2) is 29.5 Å². The van der Waals surface area contributed by atoms with Crippen LogP contribution >= 0.6 is 0 Å². The third-order valence-electron chi connectivity index (χ3n) is 6.53. The monoisotopic (exact) mass is 471 g/mol. The molecule has 0 radical (unpaired) electrons. The van der Waals surface area contributed by atoms with Crippen molar-refractivity contribution < 1.29 is 8.78 Å². The van der Waals surface area contributed by atoms with Crippen LogP contribution in [0.3, 0.4) is 0 Å². The summed E-state index contributed by atoms with van der Waals surface area (Å²) in [6.07, 6.45) is 3.47. The van der Waals surface area contributed by atoms with Crippen molar-refractivity contribution in [2.24, 2.45) is 0 Å². The molecule has 0 spiro atoms. The van der Waals surface area contributed by atoms with E-state index >= 15 is 0 Å².